The number of aryl methyl sites for hydroxylation is 1. The number of benzene rings is 1. The minimum absolute atomic E-state index is 0.340. The lowest BCUT2D eigenvalue weighted by atomic mass is 9.89. The second-order valence-electron chi connectivity index (χ2n) is 6.73. The molecule has 126 valence electrons. The zero-order valence-corrected chi connectivity index (χ0v) is 15.4. The molecule has 2 rings (SSSR count). The van der Waals surface area contributed by atoms with Crippen LogP contribution in [0.25, 0.3) is 10.9 Å². The summed E-state index contributed by atoms with van der Waals surface area (Å²) in [6.07, 6.45) is 0.526. The van der Waals surface area contributed by atoms with Gasteiger partial charge in [0.25, 0.3) is 0 Å². The molecule has 0 aliphatic carbocycles. The van der Waals surface area contributed by atoms with Gasteiger partial charge >= 0.3 is 5.97 Å². The van der Waals surface area contributed by atoms with Crippen molar-refractivity contribution in [2.24, 2.45) is 0 Å². The van der Waals surface area contributed by atoms with Crippen LogP contribution in [0, 0.1) is 18.3 Å². The van der Waals surface area contributed by atoms with Gasteiger partial charge in [-0.2, -0.15) is 5.26 Å². The van der Waals surface area contributed by atoms with Crippen LogP contribution >= 0.6 is 11.6 Å². The van der Waals surface area contributed by atoms with Gasteiger partial charge in [0.05, 0.1) is 22.0 Å². The second-order valence-corrected chi connectivity index (χ2v) is 7.14. The summed E-state index contributed by atoms with van der Waals surface area (Å²) >= 11 is 6.21. The second kappa shape index (κ2) is 6.78. The van der Waals surface area contributed by atoms with Crippen molar-refractivity contribution in [3.05, 3.63) is 40.0 Å². The van der Waals surface area contributed by atoms with Gasteiger partial charge in [-0.25, -0.2) is 0 Å². The first-order valence-electron chi connectivity index (χ1n) is 7.91. The van der Waals surface area contributed by atoms with E-state index in [1.165, 1.54) is 0 Å². The summed E-state index contributed by atoms with van der Waals surface area (Å²) in [6, 6.07) is 7.55. The predicted molar refractivity (Wildman–Crippen MR) is 95.1 cm³/mol. The molecule has 1 aromatic heterocycles. The molecular weight excluding hydrogens is 324 g/mol. The number of esters is 1. The topological polar surface area (TPSA) is 63.0 Å². The number of ether oxygens (including phenoxy) is 1. The smallest absolute Gasteiger partial charge is 0.314 e. The highest BCUT2D eigenvalue weighted by molar-refractivity contribution is 6.35. The highest BCUT2D eigenvalue weighted by Crippen LogP contribution is 2.34. The standard InChI is InChI=1S/C19H21ClN2O2/c1-6-12(18(23)24-19(3,4)5)16-11(2)22-17-13(14(16)10-21)8-7-9-15(17)20/h7-9,12H,6H2,1-5H3. The van der Waals surface area contributed by atoms with E-state index in [0.717, 1.165) is 0 Å². The summed E-state index contributed by atoms with van der Waals surface area (Å²) in [5.41, 5.74) is 1.70. The molecule has 0 amide bonds. The summed E-state index contributed by atoms with van der Waals surface area (Å²) in [6.45, 7) is 9.18. The number of halogens is 1. The van der Waals surface area contributed by atoms with Gasteiger partial charge < -0.3 is 4.74 Å². The van der Waals surface area contributed by atoms with Crippen LogP contribution in [0.2, 0.25) is 5.02 Å². The summed E-state index contributed by atoms with van der Waals surface area (Å²) < 4.78 is 5.53. The van der Waals surface area contributed by atoms with Crippen LogP contribution < -0.4 is 0 Å². The van der Waals surface area contributed by atoms with E-state index in [1.807, 2.05) is 27.7 Å². The van der Waals surface area contributed by atoms with Crippen molar-refractivity contribution in [2.45, 2.75) is 52.6 Å². The summed E-state index contributed by atoms with van der Waals surface area (Å²) in [7, 11) is 0. The van der Waals surface area contributed by atoms with E-state index in [0.29, 0.717) is 39.2 Å². The number of nitriles is 1. The number of para-hydroxylation sites is 1. The monoisotopic (exact) mass is 344 g/mol. The number of fused-ring (bicyclic) bond motifs is 1. The molecule has 0 fully saturated rings. The van der Waals surface area contributed by atoms with Crippen molar-refractivity contribution in [1.82, 2.24) is 4.98 Å². The van der Waals surface area contributed by atoms with Crippen molar-refractivity contribution in [3.8, 4) is 6.07 Å². The maximum absolute atomic E-state index is 12.6. The normalized spacial score (nSPS) is 12.7. The van der Waals surface area contributed by atoms with Crippen LogP contribution in [0.15, 0.2) is 18.2 Å². The molecule has 0 N–H and O–H groups in total. The Morgan fingerprint density at radius 1 is 1.42 bits per heavy atom. The Morgan fingerprint density at radius 3 is 2.62 bits per heavy atom. The average Bonchev–Trinajstić information content (AvgIpc) is 2.47. The SMILES string of the molecule is CCC(C(=O)OC(C)(C)C)c1c(C)nc2c(Cl)cccc2c1C#N. The predicted octanol–water partition coefficient (Wildman–Crippen LogP) is 4.90. The van der Waals surface area contributed by atoms with Crippen molar-refractivity contribution in [1.29, 1.82) is 5.26 Å². The highest BCUT2D eigenvalue weighted by Gasteiger charge is 2.30. The molecule has 0 saturated carbocycles. The fraction of sp³-hybridized carbons (Fsp3) is 0.421. The number of hydrogen-bond acceptors (Lipinski definition) is 4. The minimum Gasteiger partial charge on any atom is -0.459 e. The third kappa shape index (κ3) is 3.52. The van der Waals surface area contributed by atoms with Gasteiger partial charge in [-0.3, -0.25) is 9.78 Å². The number of hydrogen-bond donors (Lipinski definition) is 0. The van der Waals surface area contributed by atoms with Crippen LogP contribution in [0.1, 0.15) is 56.9 Å². The van der Waals surface area contributed by atoms with E-state index in [2.05, 4.69) is 11.1 Å². The molecule has 2 aromatic rings. The first-order valence-corrected chi connectivity index (χ1v) is 8.29. The fourth-order valence-corrected chi connectivity index (χ4v) is 3.01. The Morgan fingerprint density at radius 2 is 2.08 bits per heavy atom. The van der Waals surface area contributed by atoms with Gasteiger partial charge in [-0.1, -0.05) is 30.7 Å². The van der Waals surface area contributed by atoms with Crippen LogP contribution in [0.5, 0.6) is 0 Å². The number of rotatable bonds is 3. The lowest BCUT2D eigenvalue weighted by Crippen LogP contribution is -2.28. The van der Waals surface area contributed by atoms with Gasteiger partial charge in [-0.05, 0) is 40.2 Å². The number of carbonyl (C=O) groups is 1. The third-order valence-corrected chi connectivity index (χ3v) is 4.06. The van der Waals surface area contributed by atoms with E-state index < -0.39 is 11.5 Å². The fourth-order valence-electron chi connectivity index (χ4n) is 2.79. The first kappa shape index (κ1) is 18.2. The Bertz CT molecular complexity index is 832. The summed E-state index contributed by atoms with van der Waals surface area (Å²) in [5, 5.41) is 10.9. The van der Waals surface area contributed by atoms with Crippen LogP contribution in [0.3, 0.4) is 0 Å². The van der Waals surface area contributed by atoms with E-state index in [-0.39, 0.29) is 5.97 Å². The van der Waals surface area contributed by atoms with Crippen molar-refractivity contribution in [2.75, 3.05) is 0 Å². The molecule has 0 aliphatic rings. The molecule has 5 heteroatoms. The quantitative estimate of drug-likeness (QED) is 0.742. The number of carbonyl (C=O) groups excluding carboxylic acids is 1. The van der Waals surface area contributed by atoms with E-state index in [4.69, 9.17) is 16.3 Å². The van der Waals surface area contributed by atoms with Crippen molar-refractivity contribution >= 4 is 28.5 Å². The molecule has 4 nitrogen and oxygen atoms in total. The van der Waals surface area contributed by atoms with Crippen LogP contribution in [0.4, 0.5) is 0 Å². The maximum Gasteiger partial charge on any atom is 0.314 e. The zero-order chi connectivity index (χ0) is 18.1. The molecule has 0 spiro atoms. The lowest BCUT2D eigenvalue weighted by molar-refractivity contribution is -0.156. The van der Waals surface area contributed by atoms with Gasteiger partial charge in [0.1, 0.15) is 11.7 Å². The average molecular weight is 345 g/mol. The van der Waals surface area contributed by atoms with Gasteiger partial charge in [-0.15, -0.1) is 0 Å². The molecule has 1 heterocycles. The Hall–Kier alpha value is -2.12. The Kier molecular flexibility index (Phi) is 5.15. The Labute approximate surface area is 147 Å². The summed E-state index contributed by atoms with van der Waals surface area (Å²) in [5.74, 6) is -0.873. The number of nitrogens with zero attached hydrogens (tertiary/aromatic N) is 2. The minimum atomic E-state index is -0.585. The molecule has 0 saturated heterocycles. The van der Waals surface area contributed by atoms with E-state index >= 15 is 0 Å². The molecule has 1 unspecified atom stereocenters. The largest absolute Gasteiger partial charge is 0.459 e. The maximum atomic E-state index is 12.6. The van der Waals surface area contributed by atoms with Crippen LogP contribution in [-0.4, -0.2) is 16.6 Å². The van der Waals surface area contributed by atoms with Gasteiger partial charge in [0.15, 0.2) is 0 Å². The molecule has 1 atom stereocenters. The molecule has 1 aromatic carbocycles. The highest BCUT2D eigenvalue weighted by atomic mass is 35.5. The summed E-state index contributed by atoms with van der Waals surface area (Å²) in [4.78, 5) is 17.2. The lowest BCUT2D eigenvalue weighted by Gasteiger charge is -2.25. The first-order chi connectivity index (χ1) is 11.2. The molecular formula is C19H21ClN2O2. The number of pyridine rings is 1. The zero-order valence-electron chi connectivity index (χ0n) is 14.6. The van der Waals surface area contributed by atoms with Gasteiger partial charge in [0, 0.05) is 16.6 Å². The van der Waals surface area contributed by atoms with Crippen molar-refractivity contribution < 1.29 is 9.53 Å². The van der Waals surface area contributed by atoms with E-state index in [9.17, 15) is 10.1 Å². The molecule has 24 heavy (non-hydrogen) atoms. The molecule has 0 radical (unpaired) electrons. The van der Waals surface area contributed by atoms with Crippen LogP contribution in [-0.2, 0) is 9.53 Å². The van der Waals surface area contributed by atoms with Gasteiger partial charge in [0.2, 0.25) is 0 Å². The molecule has 0 bridgehead atoms. The number of aromatic nitrogens is 1. The Balaban J connectivity index is 2.68. The third-order valence-electron chi connectivity index (χ3n) is 3.75. The van der Waals surface area contributed by atoms with Crippen molar-refractivity contribution in [3.63, 3.8) is 0 Å². The molecule has 0 aliphatic heterocycles. The van der Waals surface area contributed by atoms with E-state index in [1.54, 1.807) is 25.1 Å².